The zero-order valence-electron chi connectivity index (χ0n) is 11.3. The van der Waals surface area contributed by atoms with Crippen molar-refractivity contribution in [1.29, 1.82) is 0 Å². The summed E-state index contributed by atoms with van der Waals surface area (Å²) in [7, 11) is -4.57. The van der Waals surface area contributed by atoms with E-state index in [1.165, 1.54) is 35.2 Å². The van der Waals surface area contributed by atoms with Gasteiger partial charge in [-0.3, -0.25) is 5.10 Å². The van der Waals surface area contributed by atoms with E-state index < -0.39 is 20.5 Å². The highest BCUT2D eigenvalue weighted by atomic mass is 32.2. The summed E-state index contributed by atoms with van der Waals surface area (Å²) in [6, 6.07) is 9.00. The second kappa shape index (κ2) is 6.38. The van der Waals surface area contributed by atoms with Crippen LogP contribution < -0.4 is 0 Å². The number of sulfone groups is 1. The second-order valence-electron chi connectivity index (χ2n) is 4.32. The average Bonchev–Trinajstić information content (AvgIpc) is 3.18. The molecule has 0 saturated heterocycles. The van der Waals surface area contributed by atoms with Gasteiger partial charge in [0.25, 0.3) is 0 Å². The molecule has 1 aromatic carbocycles. The quantitative estimate of drug-likeness (QED) is 0.738. The lowest BCUT2D eigenvalue weighted by molar-refractivity contribution is 0.234. The fourth-order valence-electron chi connectivity index (χ4n) is 1.72. The van der Waals surface area contributed by atoms with Crippen LogP contribution >= 0.6 is 23.1 Å². The van der Waals surface area contributed by atoms with Gasteiger partial charge in [0, 0.05) is 4.90 Å². The van der Waals surface area contributed by atoms with Crippen molar-refractivity contribution >= 4 is 32.9 Å². The molecule has 0 atom stereocenters. The molecule has 1 N–H and O–H groups in total. The predicted molar refractivity (Wildman–Crippen MR) is 83.5 cm³/mol. The van der Waals surface area contributed by atoms with Crippen LogP contribution in [0.1, 0.15) is 0 Å². The fraction of sp³-hybridized carbons (Fsp3) is 0.0769. The first-order chi connectivity index (χ1) is 11.0. The summed E-state index contributed by atoms with van der Waals surface area (Å²) in [5.41, 5.74) is 0. The van der Waals surface area contributed by atoms with Gasteiger partial charge in [0.15, 0.2) is 5.82 Å². The Kier molecular flexibility index (Phi) is 4.46. The summed E-state index contributed by atoms with van der Waals surface area (Å²) in [6.45, 7) is 0. The van der Waals surface area contributed by atoms with Crippen LogP contribution in [0.15, 0.2) is 56.7 Å². The summed E-state index contributed by atoms with van der Waals surface area (Å²) >= 11 is 2.72. The largest absolute Gasteiger partial charge is 0.341 e. The molecule has 0 aliphatic carbocycles. The minimum absolute atomic E-state index is 0.411. The van der Waals surface area contributed by atoms with E-state index in [9.17, 15) is 17.2 Å². The number of thiophene rings is 1. The summed E-state index contributed by atoms with van der Waals surface area (Å²) in [6.07, 6.45) is 0. The molecule has 0 aliphatic heterocycles. The van der Waals surface area contributed by atoms with Crippen molar-refractivity contribution in [1.82, 2.24) is 15.2 Å². The first-order valence-corrected chi connectivity index (χ1v) is 9.47. The molecule has 5 nitrogen and oxygen atoms in total. The maximum atomic E-state index is 12.5. The van der Waals surface area contributed by atoms with Crippen LogP contribution in [0.2, 0.25) is 0 Å². The number of aromatic amines is 1. The lowest BCUT2D eigenvalue weighted by Crippen LogP contribution is -2.10. The van der Waals surface area contributed by atoms with Crippen molar-refractivity contribution in [3.63, 3.8) is 0 Å². The minimum Gasteiger partial charge on any atom is -0.257 e. The van der Waals surface area contributed by atoms with Crippen LogP contribution in [0, 0.1) is 0 Å². The van der Waals surface area contributed by atoms with E-state index in [1.54, 1.807) is 0 Å². The number of aromatic nitrogens is 3. The Balaban J connectivity index is 1.77. The molecule has 0 saturated carbocycles. The van der Waals surface area contributed by atoms with Crippen molar-refractivity contribution in [2.45, 2.75) is 20.7 Å². The molecule has 2 heterocycles. The summed E-state index contributed by atoms with van der Waals surface area (Å²) in [5.74, 6) is -2.79. The van der Waals surface area contributed by atoms with Crippen molar-refractivity contribution in [3.05, 3.63) is 41.8 Å². The SMILES string of the molecule is O=S(=O)(c1ccc(Sc2n[nH]c(-c3cccs3)n2)cc1)C(F)F. The molecule has 2 aromatic heterocycles. The lowest BCUT2D eigenvalue weighted by atomic mass is 10.4. The van der Waals surface area contributed by atoms with Crippen molar-refractivity contribution in [3.8, 4) is 10.7 Å². The molecule has 120 valence electrons. The van der Waals surface area contributed by atoms with Crippen LogP contribution in [0.25, 0.3) is 10.7 Å². The van der Waals surface area contributed by atoms with Gasteiger partial charge < -0.3 is 0 Å². The first kappa shape index (κ1) is 16.1. The van der Waals surface area contributed by atoms with Crippen molar-refractivity contribution in [2.24, 2.45) is 0 Å². The topological polar surface area (TPSA) is 75.7 Å². The smallest absolute Gasteiger partial charge is 0.257 e. The number of hydrogen-bond donors (Lipinski definition) is 1. The molecular formula is C13H9F2N3O2S3. The predicted octanol–water partition coefficient (Wildman–Crippen LogP) is 3.68. The number of nitrogens with zero attached hydrogens (tertiary/aromatic N) is 2. The first-order valence-electron chi connectivity index (χ1n) is 6.23. The highest BCUT2D eigenvalue weighted by molar-refractivity contribution is 7.99. The highest BCUT2D eigenvalue weighted by Crippen LogP contribution is 2.29. The Morgan fingerprint density at radius 2 is 1.91 bits per heavy atom. The summed E-state index contributed by atoms with van der Waals surface area (Å²) < 4.78 is 47.6. The van der Waals surface area contributed by atoms with E-state index in [4.69, 9.17) is 0 Å². The van der Waals surface area contributed by atoms with E-state index in [-0.39, 0.29) is 0 Å². The Bertz CT molecular complexity index is 891. The molecule has 0 aliphatic rings. The Morgan fingerprint density at radius 3 is 2.52 bits per heavy atom. The van der Waals surface area contributed by atoms with Gasteiger partial charge in [-0.25, -0.2) is 13.4 Å². The molecule has 3 aromatic rings. The minimum atomic E-state index is -4.57. The third kappa shape index (κ3) is 3.43. The second-order valence-corrected chi connectivity index (χ2v) is 8.23. The fourth-order valence-corrected chi connectivity index (χ4v) is 3.82. The maximum Gasteiger partial charge on any atom is 0.341 e. The zero-order chi connectivity index (χ0) is 16.4. The number of alkyl halides is 2. The van der Waals surface area contributed by atoms with Gasteiger partial charge in [-0.2, -0.15) is 8.78 Å². The molecule has 0 unspecified atom stereocenters. The Morgan fingerprint density at radius 1 is 1.17 bits per heavy atom. The third-order valence-electron chi connectivity index (χ3n) is 2.82. The van der Waals surface area contributed by atoms with Gasteiger partial charge >= 0.3 is 5.76 Å². The van der Waals surface area contributed by atoms with Gasteiger partial charge in [-0.15, -0.1) is 16.4 Å². The normalized spacial score (nSPS) is 12.0. The van der Waals surface area contributed by atoms with Gasteiger partial charge in [0.2, 0.25) is 15.0 Å². The number of halogens is 2. The molecule has 3 rings (SSSR count). The van der Waals surface area contributed by atoms with Crippen LogP contribution in [0.3, 0.4) is 0 Å². The van der Waals surface area contributed by atoms with Crippen molar-refractivity contribution < 1.29 is 17.2 Å². The molecule has 0 fully saturated rings. The van der Waals surface area contributed by atoms with E-state index in [0.717, 1.165) is 17.0 Å². The zero-order valence-corrected chi connectivity index (χ0v) is 13.8. The summed E-state index contributed by atoms with van der Waals surface area (Å²) in [5, 5.41) is 9.25. The molecule has 0 spiro atoms. The van der Waals surface area contributed by atoms with Crippen LogP contribution in [0.4, 0.5) is 8.78 Å². The average molecular weight is 373 g/mol. The monoisotopic (exact) mass is 373 g/mol. The van der Waals surface area contributed by atoms with Gasteiger partial charge in [-0.05, 0) is 47.5 Å². The maximum absolute atomic E-state index is 12.5. The number of hydrogen-bond acceptors (Lipinski definition) is 6. The van der Waals surface area contributed by atoms with Crippen LogP contribution in [-0.4, -0.2) is 29.4 Å². The van der Waals surface area contributed by atoms with Gasteiger partial charge in [-0.1, -0.05) is 6.07 Å². The van der Waals surface area contributed by atoms with E-state index >= 15 is 0 Å². The van der Waals surface area contributed by atoms with Gasteiger partial charge in [0.05, 0.1) is 9.77 Å². The van der Waals surface area contributed by atoms with Crippen LogP contribution in [-0.2, 0) is 9.84 Å². The third-order valence-corrected chi connectivity index (χ3v) is 5.96. The molecule has 23 heavy (non-hydrogen) atoms. The molecule has 0 amide bonds. The number of rotatable bonds is 5. The Labute approximate surface area is 138 Å². The van der Waals surface area contributed by atoms with E-state index in [0.29, 0.717) is 15.9 Å². The molecule has 10 heteroatoms. The van der Waals surface area contributed by atoms with E-state index in [2.05, 4.69) is 15.2 Å². The molecular weight excluding hydrogens is 364 g/mol. The van der Waals surface area contributed by atoms with Crippen LogP contribution in [0.5, 0.6) is 0 Å². The molecule has 0 radical (unpaired) electrons. The highest BCUT2D eigenvalue weighted by Gasteiger charge is 2.26. The van der Waals surface area contributed by atoms with E-state index in [1.807, 2.05) is 17.5 Å². The molecule has 0 bridgehead atoms. The number of H-pyrrole nitrogens is 1. The van der Waals surface area contributed by atoms with Crippen molar-refractivity contribution in [2.75, 3.05) is 0 Å². The Hall–Kier alpha value is -1.78. The number of benzene rings is 1. The standard InChI is InChI=1S/C13H9F2N3O2S3/c14-12(15)23(19,20)9-5-3-8(4-6-9)22-13-16-11(17-18-13)10-2-1-7-21-10/h1-7,12H,(H,16,17,18). The summed E-state index contributed by atoms with van der Waals surface area (Å²) in [4.78, 5) is 5.50. The number of nitrogens with one attached hydrogen (secondary N) is 1. The van der Waals surface area contributed by atoms with Gasteiger partial charge in [0.1, 0.15) is 0 Å². The lowest BCUT2D eigenvalue weighted by Gasteiger charge is -2.03.